The Hall–Kier alpha value is -7.20. The lowest BCUT2D eigenvalue weighted by atomic mass is 9.96. The minimum atomic E-state index is -1.84. The maximum Gasteiger partial charge on any atom is 0.246 e. The molecule has 0 aliphatic carbocycles. The monoisotopic (exact) mass is 1130 g/mol. The van der Waals surface area contributed by atoms with Crippen molar-refractivity contribution in [3.8, 4) is 11.5 Å². The fraction of sp³-hybridized carbons (Fsp3) is 0.540. The minimum Gasteiger partial charge on any atom is -0.508 e. The molecule has 0 aromatic heterocycles. The first-order valence-electron chi connectivity index (χ1n) is 25.3. The molecule has 7 atom stereocenters. The van der Waals surface area contributed by atoms with Gasteiger partial charge in [-0.3, -0.25) is 52.7 Å². The minimum absolute atomic E-state index is 0.0194. The Balaban J connectivity index is 2.18. The lowest BCUT2D eigenvalue weighted by Gasteiger charge is -2.30. The summed E-state index contributed by atoms with van der Waals surface area (Å²) in [5.74, 6) is -11.7. The van der Waals surface area contributed by atoms with Gasteiger partial charge in [-0.25, -0.2) is 4.39 Å². The number of primary amides is 3. The molecular weight excluding hydrogens is 1060 g/mol. The summed E-state index contributed by atoms with van der Waals surface area (Å²) in [6.07, 6.45) is -1.28. The molecule has 1 saturated heterocycles. The van der Waals surface area contributed by atoms with Gasteiger partial charge < -0.3 is 74.9 Å². The van der Waals surface area contributed by atoms with E-state index in [0.29, 0.717) is 18.4 Å². The second-order valence-electron chi connectivity index (χ2n) is 18.9. The lowest BCUT2D eigenvalue weighted by Crippen LogP contribution is -2.61. The molecule has 430 valence electrons. The van der Waals surface area contributed by atoms with E-state index in [2.05, 4.69) is 37.2 Å². The molecular formula is C50H73FN12O13S2. The third kappa shape index (κ3) is 23.2. The number of hydrogen-bond acceptors (Lipinski definition) is 16. The Bertz CT molecular complexity index is 2440. The zero-order valence-corrected chi connectivity index (χ0v) is 45.7. The highest BCUT2D eigenvalue weighted by Crippen LogP contribution is 2.26. The Morgan fingerprint density at radius 2 is 1.50 bits per heavy atom. The van der Waals surface area contributed by atoms with Crippen molar-refractivity contribution in [2.75, 3.05) is 37.7 Å². The summed E-state index contributed by atoms with van der Waals surface area (Å²) in [4.78, 5) is 150. The van der Waals surface area contributed by atoms with Crippen molar-refractivity contribution in [1.82, 2.24) is 42.1 Å². The van der Waals surface area contributed by atoms with Crippen LogP contribution in [-0.4, -0.2) is 149 Å². The number of nitrogens with one attached hydrogen (secondary N) is 7. The van der Waals surface area contributed by atoms with Crippen molar-refractivity contribution >= 4 is 86.6 Å². The maximum absolute atomic E-state index is 15.1. The summed E-state index contributed by atoms with van der Waals surface area (Å²) < 4.78 is 20.5. The van der Waals surface area contributed by atoms with Gasteiger partial charge in [0.2, 0.25) is 65.0 Å². The van der Waals surface area contributed by atoms with Crippen molar-refractivity contribution in [3.05, 3.63) is 59.4 Å². The highest BCUT2D eigenvalue weighted by molar-refractivity contribution is 8.76. The quantitative estimate of drug-likeness (QED) is 0.0414. The van der Waals surface area contributed by atoms with Crippen LogP contribution in [0.25, 0.3) is 0 Å². The molecule has 1 fully saturated rings. The first kappa shape index (κ1) is 65.1. The van der Waals surface area contributed by atoms with Gasteiger partial charge in [0.25, 0.3) is 0 Å². The number of ether oxygens (including phenoxy) is 1. The Morgan fingerprint density at radius 1 is 0.833 bits per heavy atom. The molecule has 11 amide bonds. The lowest BCUT2D eigenvalue weighted by molar-refractivity contribution is -0.141. The van der Waals surface area contributed by atoms with Gasteiger partial charge in [-0.15, -0.1) is 0 Å². The average Bonchev–Trinajstić information content (AvgIpc) is 3.38. The number of halogens is 1. The van der Waals surface area contributed by atoms with Gasteiger partial charge >= 0.3 is 0 Å². The predicted molar refractivity (Wildman–Crippen MR) is 287 cm³/mol. The average molecular weight is 1130 g/mol. The van der Waals surface area contributed by atoms with E-state index in [1.165, 1.54) is 18.2 Å². The van der Waals surface area contributed by atoms with Crippen LogP contribution < -0.4 is 64.9 Å². The van der Waals surface area contributed by atoms with Crippen LogP contribution in [-0.2, 0) is 65.7 Å². The van der Waals surface area contributed by atoms with E-state index in [4.69, 9.17) is 27.7 Å². The molecule has 0 unspecified atom stereocenters. The SMILES string of the molecule is CC[C@H](C)[C@@H]1NC(=O)[C@H](Cc2ccc(O)cc2)NC(=O)CCSSC[C@@H](C(=O)N(CC(=O)N[C@@H](CC(C)C)C(=O)NCC(N)=O)Cc2ccc(F)cc2OCCCN)NC(=O)[C@H](CC(N)=O)NC(=O)[C@H](CCC(N)=O)NC1=O. The summed E-state index contributed by atoms with van der Waals surface area (Å²) in [5, 5.41) is 27.7. The Morgan fingerprint density at radius 3 is 2.13 bits per heavy atom. The Labute approximate surface area is 459 Å². The van der Waals surface area contributed by atoms with Crippen molar-refractivity contribution < 1.29 is 67.0 Å². The van der Waals surface area contributed by atoms with Crippen LogP contribution in [0.3, 0.4) is 0 Å². The molecule has 2 aromatic rings. The molecule has 2 aromatic carbocycles. The van der Waals surface area contributed by atoms with Gasteiger partial charge in [-0.2, -0.15) is 0 Å². The molecule has 0 saturated carbocycles. The zero-order valence-electron chi connectivity index (χ0n) is 44.1. The molecule has 0 bridgehead atoms. The number of phenolic OH excluding ortho intramolecular Hbond substituents is 1. The maximum atomic E-state index is 15.1. The number of nitrogens with zero attached hydrogens (tertiary/aromatic N) is 1. The number of amides is 11. The fourth-order valence-corrected chi connectivity index (χ4v) is 9.81. The number of carbonyl (C=O) groups is 11. The molecule has 25 nitrogen and oxygen atoms in total. The van der Waals surface area contributed by atoms with E-state index in [-0.39, 0.29) is 66.9 Å². The van der Waals surface area contributed by atoms with E-state index in [1.54, 1.807) is 39.8 Å². The van der Waals surface area contributed by atoms with Gasteiger partial charge in [0.05, 0.1) is 26.1 Å². The van der Waals surface area contributed by atoms with E-state index in [0.717, 1.165) is 38.6 Å². The molecule has 1 aliphatic heterocycles. The number of nitrogens with two attached hydrogens (primary N) is 4. The van der Waals surface area contributed by atoms with Gasteiger partial charge in [0.15, 0.2) is 0 Å². The topological polar surface area (TPSA) is 409 Å². The highest BCUT2D eigenvalue weighted by atomic mass is 33.1. The number of benzene rings is 2. The molecule has 3 rings (SSSR count). The van der Waals surface area contributed by atoms with E-state index in [1.807, 2.05) is 0 Å². The van der Waals surface area contributed by atoms with Crippen LogP contribution in [0, 0.1) is 17.7 Å². The molecule has 0 radical (unpaired) electrons. The molecule has 1 aliphatic rings. The highest BCUT2D eigenvalue weighted by Gasteiger charge is 2.37. The van der Waals surface area contributed by atoms with Crippen molar-refractivity contribution in [3.63, 3.8) is 0 Å². The van der Waals surface area contributed by atoms with Crippen molar-refractivity contribution in [2.45, 2.75) is 122 Å². The third-order valence-corrected chi connectivity index (χ3v) is 14.4. The first-order chi connectivity index (χ1) is 36.9. The molecule has 16 N–H and O–H groups in total. The first-order valence-corrected chi connectivity index (χ1v) is 27.7. The Kier molecular flexibility index (Phi) is 27.7. The van der Waals surface area contributed by atoms with Gasteiger partial charge in [-0.05, 0) is 61.4 Å². The zero-order chi connectivity index (χ0) is 58.1. The summed E-state index contributed by atoms with van der Waals surface area (Å²) >= 11 is 0. The predicted octanol–water partition coefficient (Wildman–Crippen LogP) is -1.64. The van der Waals surface area contributed by atoms with Crippen molar-refractivity contribution in [2.24, 2.45) is 34.8 Å². The summed E-state index contributed by atoms with van der Waals surface area (Å²) in [7, 11) is 2.07. The normalized spacial score (nSPS) is 19.8. The second-order valence-corrected chi connectivity index (χ2v) is 21.6. The van der Waals surface area contributed by atoms with E-state index in [9.17, 15) is 57.4 Å². The standard InChI is InChI=1S/C50H73FN12O13S2/c1-5-28(4)44-49(74)59-33(13-14-39(53)65)46(71)60-36(22-40(54)66)47(72)61-37(26-78-77-18-15-42(68)57-35(48(73)62-44)20-29-7-11-32(64)12-8-29)50(75)63(24-30-9-10-31(51)21-38(30)76-17-6-16-52)25-43(69)58-34(19-27(2)3)45(70)56-23-41(55)67/h7-12,21,27-28,33-37,44,64H,5-6,13-20,22-26,52H2,1-4H3,(H2,53,65)(H2,54,66)(H2,55,67)(H,56,70)(H,57,68)(H,58,69)(H,59,74)(H,60,71)(H,61,72)(H,62,73)/t28-,33-,34-,35-,36-,37-,44-/m0/s1. The molecule has 1 heterocycles. The summed E-state index contributed by atoms with van der Waals surface area (Å²) in [6, 6.07) is 0.369. The smallest absolute Gasteiger partial charge is 0.246 e. The van der Waals surface area contributed by atoms with Crippen molar-refractivity contribution in [1.29, 1.82) is 0 Å². The summed E-state index contributed by atoms with van der Waals surface area (Å²) in [6.45, 7) is 5.37. The molecule has 0 spiro atoms. The van der Waals surface area contributed by atoms with Crippen LogP contribution in [0.5, 0.6) is 11.5 Å². The molecule has 28 heteroatoms. The van der Waals surface area contributed by atoms with Gasteiger partial charge in [0.1, 0.15) is 53.6 Å². The fourth-order valence-electron chi connectivity index (χ4n) is 7.67. The van der Waals surface area contributed by atoms with Crippen LogP contribution in [0.4, 0.5) is 4.39 Å². The van der Waals surface area contributed by atoms with Crippen LogP contribution >= 0.6 is 21.6 Å². The number of carbonyl (C=O) groups excluding carboxylic acids is 11. The number of aromatic hydroxyl groups is 1. The number of phenols is 1. The largest absolute Gasteiger partial charge is 0.508 e. The molecule has 78 heavy (non-hydrogen) atoms. The van der Waals surface area contributed by atoms with Crippen LogP contribution in [0.15, 0.2) is 42.5 Å². The summed E-state index contributed by atoms with van der Waals surface area (Å²) in [5.41, 5.74) is 22.6. The number of hydrogen-bond donors (Lipinski definition) is 12. The van der Waals surface area contributed by atoms with Crippen LogP contribution in [0.1, 0.15) is 83.8 Å². The third-order valence-electron chi connectivity index (χ3n) is 12.0. The van der Waals surface area contributed by atoms with Crippen LogP contribution in [0.2, 0.25) is 0 Å². The van der Waals surface area contributed by atoms with E-state index < -0.39 is 152 Å². The second kappa shape index (κ2) is 33.2. The van der Waals surface area contributed by atoms with Gasteiger partial charge in [-0.1, -0.05) is 73.9 Å². The number of rotatable bonds is 24. The van der Waals surface area contributed by atoms with Gasteiger partial charge in [0, 0.05) is 48.9 Å². The van der Waals surface area contributed by atoms with E-state index >= 15 is 4.79 Å².